The number of sulfonamides is 1. The van der Waals surface area contributed by atoms with Crippen LogP contribution in [0.4, 0.5) is 0 Å². The average Bonchev–Trinajstić information content (AvgIpc) is 2.89. The maximum absolute atomic E-state index is 12.6. The molecule has 1 saturated heterocycles. The monoisotopic (exact) mass is 326 g/mol. The lowest BCUT2D eigenvalue weighted by Crippen LogP contribution is -2.39. The molecule has 0 aromatic heterocycles. The summed E-state index contributed by atoms with van der Waals surface area (Å²) < 4.78 is 26.9. The summed E-state index contributed by atoms with van der Waals surface area (Å²) >= 11 is 4.90. The Morgan fingerprint density at radius 1 is 1.38 bits per heavy atom. The molecular weight excluding hydrogens is 304 g/mol. The van der Waals surface area contributed by atoms with Crippen LogP contribution in [0.15, 0.2) is 24.3 Å². The van der Waals surface area contributed by atoms with Crippen molar-refractivity contribution >= 4 is 27.2 Å². The van der Waals surface area contributed by atoms with Gasteiger partial charge in [0.25, 0.3) is 0 Å². The van der Waals surface area contributed by atoms with Gasteiger partial charge in [-0.15, -0.1) is 0 Å². The van der Waals surface area contributed by atoms with E-state index in [0.717, 1.165) is 24.0 Å². The van der Waals surface area contributed by atoms with Crippen molar-refractivity contribution in [3.05, 3.63) is 35.4 Å². The predicted molar refractivity (Wildman–Crippen MR) is 89.5 cm³/mol. The number of hydrogen-bond acceptors (Lipinski definition) is 3. The van der Waals surface area contributed by atoms with Crippen molar-refractivity contribution in [3.8, 4) is 0 Å². The zero-order valence-corrected chi connectivity index (χ0v) is 14.1. The first-order valence-electron chi connectivity index (χ1n) is 7.19. The summed E-state index contributed by atoms with van der Waals surface area (Å²) in [6, 6.07) is 7.25. The van der Waals surface area contributed by atoms with E-state index in [-0.39, 0.29) is 11.8 Å². The van der Waals surface area contributed by atoms with Crippen molar-refractivity contribution in [1.29, 1.82) is 0 Å². The topological polar surface area (TPSA) is 63.4 Å². The molecule has 1 heterocycles. The van der Waals surface area contributed by atoms with Crippen LogP contribution in [-0.4, -0.2) is 30.3 Å². The summed E-state index contributed by atoms with van der Waals surface area (Å²) in [5.41, 5.74) is 7.07. The van der Waals surface area contributed by atoms with E-state index in [2.05, 4.69) is 13.8 Å². The Balaban J connectivity index is 2.15. The third-order valence-electron chi connectivity index (χ3n) is 3.96. The van der Waals surface area contributed by atoms with Crippen LogP contribution in [0.3, 0.4) is 0 Å². The van der Waals surface area contributed by atoms with Crippen LogP contribution in [0.25, 0.3) is 0 Å². The van der Waals surface area contributed by atoms with Gasteiger partial charge in [0.15, 0.2) is 0 Å². The van der Waals surface area contributed by atoms with Crippen LogP contribution in [0, 0.1) is 5.92 Å². The SMILES string of the molecule is CC(C)C1CCCN1S(=O)(=O)Cc1ccc(C(N)=S)cc1. The molecule has 0 aliphatic carbocycles. The third kappa shape index (κ3) is 3.81. The molecule has 1 aromatic carbocycles. The number of benzene rings is 1. The minimum atomic E-state index is -3.27. The largest absolute Gasteiger partial charge is 0.389 e. The van der Waals surface area contributed by atoms with Gasteiger partial charge in [0.05, 0.1) is 5.75 Å². The molecule has 6 heteroatoms. The minimum Gasteiger partial charge on any atom is -0.389 e. The third-order valence-corrected chi connectivity index (χ3v) is 6.06. The zero-order valence-electron chi connectivity index (χ0n) is 12.5. The molecule has 2 N–H and O–H groups in total. The Kier molecular flexibility index (Phi) is 5.01. The highest BCUT2D eigenvalue weighted by Gasteiger charge is 2.35. The van der Waals surface area contributed by atoms with Crippen molar-refractivity contribution in [1.82, 2.24) is 4.31 Å². The Labute approximate surface area is 132 Å². The molecule has 1 unspecified atom stereocenters. The van der Waals surface area contributed by atoms with Gasteiger partial charge in [0.1, 0.15) is 4.99 Å². The zero-order chi connectivity index (χ0) is 15.6. The van der Waals surface area contributed by atoms with Crippen molar-refractivity contribution in [2.24, 2.45) is 11.7 Å². The highest BCUT2D eigenvalue weighted by Crippen LogP contribution is 2.28. The molecular formula is C15H22N2O2S2. The number of nitrogens with zero attached hydrogens (tertiary/aromatic N) is 1. The normalized spacial score (nSPS) is 20.0. The van der Waals surface area contributed by atoms with Crippen LogP contribution in [0.2, 0.25) is 0 Å². The Bertz CT molecular complexity index is 609. The van der Waals surface area contributed by atoms with Crippen LogP contribution >= 0.6 is 12.2 Å². The molecule has 0 spiro atoms. The maximum atomic E-state index is 12.6. The molecule has 1 fully saturated rings. The first kappa shape index (κ1) is 16.4. The van der Waals surface area contributed by atoms with Gasteiger partial charge in [0, 0.05) is 18.2 Å². The van der Waals surface area contributed by atoms with E-state index in [1.54, 1.807) is 28.6 Å². The molecule has 1 atom stereocenters. The fourth-order valence-corrected chi connectivity index (χ4v) is 4.92. The quantitative estimate of drug-likeness (QED) is 0.843. The molecule has 116 valence electrons. The lowest BCUT2D eigenvalue weighted by Gasteiger charge is -2.27. The molecule has 4 nitrogen and oxygen atoms in total. The smallest absolute Gasteiger partial charge is 0.218 e. The Hall–Kier alpha value is -0.980. The number of hydrogen-bond donors (Lipinski definition) is 1. The van der Waals surface area contributed by atoms with E-state index in [9.17, 15) is 8.42 Å². The van der Waals surface area contributed by atoms with Crippen molar-refractivity contribution < 1.29 is 8.42 Å². The first-order valence-corrected chi connectivity index (χ1v) is 9.21. The first-order chi connectivity index (χ1) is 9.81. The molecule has 0 amide bonds. The van der Waals surface area contributed by atoms with Crippen molar-refractivity contribution in [2.45, 2.75) is 38.5 Å². The molecule has 1 aliphatic rings. The van der Waals surface area contributed by atoms with Crippen LogP contribution < -0.4 is 5.73 Å². The van der Waals surface area contributed by atoms with Gasteiger partial charge in [0.2, 0.25) is 10.0 Å². The van der Waals surface area contributed by atoms with E-state index in [4.69, 9.17) is 18.0 Å². The van der Waals surface area contributed by atoms with Crippen LogP contribution in [0.5, 0.6) is 0 Å². The molecule has 2 rings (SSSR count). The second-order valence-electron chi connectivity index (χ2n) is 5.88. The van der Waals surface area contributed by atoms with Gasteiger partial charge in [-0.1, -0.05) is 50.3 Å². The van der Waals surface area contributed by atoms with Gasteiger partial charge < -0.3 is 5.73 Å². The van der Waals surface area contributed by atoms with Gasteiger partial charge in [-0.2, -0.15) is 4.31 Å². The summed E-state index contributed by atoms with van der Waals surface area (Å²) in [5.74, 6) is 0.382. The van der Waals surface area contributed by atoms with E-state index < -0.39 is 10.0 Å². The van der Waals surface area contributed by atoms with Gasteiger partial charge >= 0.3 is 0 Å². The molecule has 0 bridgehead atoms. The Morgan fingerprint density at radius 3 is 2.52 bits per heavy atom. The van der Waals surface area contributed by atoms with Crippen molar-refractivity contribution in [3.63, 3.8) is 0 Å². The number of thiocarbonyl (C=S) groups is 1. The van der Waals surface area contributed by atoms with Crippen LogP contribution in [-0.2, 0) is 15.8 Å². The minimum absolute atomic E-state index is 0.0355. The predicted octanol–water partition coefficient (Wildman–Crippen LogP) is 2.27. The fourth-order valence-electron chi connectivity index (χ4n) is 2.84. The molecule has 1 aliphatic heterocycles. The summed E-state index contributed by atoms with van der Waals surface area (Å²) in [5, 5.41) is 0. The highest BCUT2D eigenvalue weighted by molar-refractivity contribution is 7.88. The Morgan fingerprint density at radius 2 is 2.00 bits per heavy atom. The fraction of sp³-hybridized carbons (Fsp3) is 0.533. The summed E-state index contributed by atoms with van der Waals surface area (Å²) in [6.45, 7) is 4.79. The molecule has 21 heavy (non-hydrogen) atoms. The van der Waals surface area contributed by atoms with Gasteiger partial charge in [-0.05, 0) is 24.3 Å². The summed E-state index contributed by atoms with van der Waals surface area (Å²) in [7, 11) is -3.27. The molecule has 1 aromatic rings. The number of nitrogens with two attached hydrogens (primary N) is 1. The number of rotatable bonds is 5. The summed E-state index contributed by atoms with van der Waals surface area (Å²) in [6.07, 6.45) is 1.90. The second-order valence-corrected chi connectivity index (χ2v) is 8.24. The van der Waals surface area contributed by atoms with E-state index in [1.807, 2.05) is 0 Å². The average molecular weight is 326 g/mol. The van der Waals surface area contributed by atoms with Crippen molar-refractivity contribution in [2.75, 3.05) is 6.54 Å². The molecule has 0 radical (unpaired) electrons. The van der Waals surface area contributed by atoms with Gasteiger partial charge in [-0.25, -0.2) is 8.42 Å². The standard InChI is InChI=1S/C15H22N2O2S2/c1-11(2)14-4-3-9-17(14)21(18,19)10-12-5-7-13(8-6-12)15(16)20/h5-8,11,14H,3-4,9-10H2,1-2H3,(H2,16,20). The van der Waals surface area contributed by atoms with E-state index in [1.165, 1.54) is 0 Å². The van der Waals surface area contributed by atoms with E-state index in [0.29, 0.717) is 17.5 Å². The lowest BCUT2D eigenvalue weighted by atomic mass is 10.0. The highest BCUT2D eigenvalue weighted by atomic mass is 32.2. The van der Waals surface area contributed by atoms with E-state index >= 15 is 0 Å². The maximum Gasteiger partial charge on any atom is 0.218 e. The second kappa shape index (κ2) is 6.42. The van der Waals surface area contributed by atoms with Gasteiger partial charge in [-0.3, -0.25) is 0 Å². The summed E-state index contributed by atoms with van der Waals surface area (Å²) in [4.78, 5) is 0.323. The lowest BCUT2D eigenvalue weighted by molar-refractivity contribution is 0.315. The van der Waals surface area contributed by atoms with Crippen LogP contribution in [0.1, 0.15) is 37.8 Å². The molecule has 0 saturated carbocycles.